The van der Waals surface area contributed by atoms with Crippen LogP contribution >= 0.6 is 27.5 Å². The summed E-state index contributed by atoms with van der Waals surface area (Å²) in [6.45, 7) is 0. The number of halogens is 2. The standard InChI is InChI=1S/C22H13BrClN/c23-15-11-9-14-10-12-17-16-5-1-3-7-20(16)25(22(17)18(14)13-15)21-8-4-2-6-19(21)24/h1-13H. The number of nitrogens with zero attached hydrogens (tertiary/aromatic N) is 1. The SMILES string of the molecule is Clc1ccccc1-n1c2ccccc2c2ccc3ccc(Br)cc3c21. The summed E-state index contributed by atoms with van der Waals surface area (Å²) in [5.41, 5.74) is 3.36. The average Bonchev–Trinajstić information content (AvgIpc) is 2.97. The molecule has 3 heteroatoms. The molecule has 25 heavy (non-hydrogen) atoms. The molecule has 0 aliphatic heterocycles. The molecular weight excluding hydrogens is 394 g/mol. The van der Waals surface area contributed by atoms with Gasteiger partial charge < -0.3 is 4.57 Å². The lowest BCUT2D eigenvalue weighted by atomic mass is 10.1. The maximum Gasteiger partial charge on any atom is 0.0648 e. The monoisotopic (exact) mass is 405 g/mol. The summed E-state index contributed by atoms with van der Waals surface area (Å²) in [6.07, 6.45) is 0. The highest BCUT2D eigenvalue weighted by Gasteiger charge is 2.16. The second-order valence-electron chi connectivity index (χ2n) is 6.13. The summed E-state index contributed by atoms with van der Waals surface area (Å²) in [5, 5.41) is 5.65. The van der Waals surface area contributed by atoms with Gasteiger partial charge in [0.05, 0.1) is 21.7 Å². The zero-order chi connectivity index (χ0) is 17.0. The molecule has 0 saturated carbocycles. The van der Waals surface area contributed by atoms with Crippen molar-refractivity contribution in [3.63, 3.8) is 0 Å². The molecule has 0 fully saturated rings. The second kappa shape index (κ2) is 5.62. The molecule has 5 rings (SSSR count). The molecule has 0 saturated heterocycles. The number of aromatic nitrogens is 1. The average molecular weight is 407 g/mol. The summed E-state index contributed by atoms with van der Waals surface area (Å²) >= 11 is 10.2. The first-order chi connectivity index (χ1) is 12.2. The molecule has 5 aromatic rings. The van der Waals surface area contributed by atoms with E-state index in [9.17, 15) is 0 Å². The van der Waals surface area contributed by atoms with E-state index in [1.165, 1.54) is 27.1 Å². The van der Waals surface area contributed by atoms with Gasteiger partial charge in [-0.25, -0.2) is 0 Å². The number of para-hydroxylation sites is 2. The van der Waals surface area contributed by atoms with Crippen LogP contribution in [0, 0.1) is 0 Å². The lowest BCUT2D eigenvalue weighted by Crippen LogP contribution is -1.95. The van der Waals surface area contributed by atoms with Crippen LogP contribution in [-0.4, -0.2) is 4.57 Å². The van der Waals surface area contributed by atoms with Gasteiger partial charge in [-0.3, -0.25) is 0 Å². The van der Waals surface area contributed by atoms with Gasteiger partial charge in [-0.1, -0.05) is 76.1 Å². The Balaban J connectivity index is 2.10. The van der Waals surface area contributed by atoms with Gasteiger partial charge in [0.2, 0.25) is 0 Å². The Kier molecular flexibility index (Phi) is 3.37. The molecule has 0 aliphatic rings. The van der Waals surface area contributed by atoms with E-state index in [2.05, 4.69) is 81.2 Å². The first-order valence-electron chi connectivity index (χ1n) is 8.10. The van der Waals surface area contributed by atoms with Crippen molar-refractivity contribution in [2.75, 3.05) is 0 Å². The first-order valence-corrected chi connectivity index (χ1v) is 9.27. The Bertz CT molecular complexity index is 1270. The quantitative estimate of drug-likeness (QED) is 0.274. The summed E-state index contributed by atoms with van der Waals surface area (Å²) in [5.74, 6) is 0. The van der Waals surface area contributed by atoms with Gasteiger partial charge in [0.15, 0.2) is 0 Å². The van der Waals surface area contributed by atoms with E-state index in [0.29, 0.717) is 0 Å². The molecular formula is C22H13BrClN. The van der Waals surface area contributed by atoms with Gasteiger partial charge in [-0.2, -0.15) is 0 Å². The van der Waals surface area contributed by atoms with Gasteiger partial charge in [0, 0.05) is 20.6 Å². The Labute approximate surface area is 158 Å². The number of fused-ring (bicyclic) bond motifs is 5. The van der Waals surface area contributed by atoms with Gasteiger partial charge in [-0.15, -0.1) is 0 Å². The summed E-state index contributed by atoms with van der Waals surface area (Å²) in [4.78, 5) is 0. The summed E-state index contributed by atoms with van der Waals surface area (Å²) in [6, 6.07) is 27.3. The predicted octanol–water partition coefficient (Wildman–Crippen LogP) is 7.35. The summed E-state index contributed by atoms with van der Waals surface area (Å²) in [7, 11) is 0. The first kappa shape index (κ1) is 15.0. The van der Waals surface area contributed by atoms with Crippen LogP contribution in [0.4, 0.5) is 0 Å². The third kappa shape index (κ3) is 2.21. The van der Waals surface area contributed by atoms with E-state index in [1.807, 2.05) is 18.2 Å². The van der Waals surface area contributed by atoms with Gasteiger partial charge >= 0.3 is 0 Å². The predicted molar refractivity (Wildman–Crippen MR) is 111 cm³/mol. The molecule has 0 unspecified atom stereocenters. The Morgan fingerprint density at radius 2 is 1.48 bits per heavy atom. The lowest BCUT2D eigenvalue weighted by molar-refractivity contribution is 1.19. The molecule has 0 radical (unpaired) electrons. The van der Waals surface area contributed by atoms with Crippen LogP contribution in [0.25, 0.3) is 38.3 Å². The largest absolute Gasteiger partial charge is 0.307 e. The van der Waals surface area contributed by atoms with Crippen molar-refractivity contribution < 1.29 is 0 Å². The highest BCUT2D eigenvalue weighted by Crippen LogP contribution is 2.38. The van der Waals surface area contributed by atoms with Crippen molar-refractivity contribution >= 4 is 60.1 Å². The van der Waals surface area contributed by atoms with Crippen LogP contribution in [-0.2, 0) is 0 Å². The smallest absolute Gasteiger partial charge is 0.0648 e. The molecule has 120 valence electrons. The van der Waals surface area contributed by atoms with Crippen molar-refractivity contribution in [1.29, 1.82) is 0 Å². The minimum atomic E-state index is 0.747. The van der Waals surface area contributed by atoms with Crippen molar-refractivity contribution in [3.05, 3.63) is 88.4 Å². The maximum absolute atomic E-state index is 6.57. The fourth-order valence-electron chi connectivity index (χ4n) is 3.63. The maximum atomic E-state index is 6.57. The molecule has 4 aromatic carbocycles. The van der Waals surface area contributed by atoms with Crippen LogP contribution in [0.5, 0.6) is 0 Å². The Morgan fingerprint density at radius 3 is 2.36 bits per heavy atom. The van der Waals surface area contributed by atoms with E-state index in [4.69, 9.17) is 11.6 Å². The molecule has 1 heterocycles. The third-order valence-corrected chi connectivity index (χ3v) is 5.52. The second-order valence-corrected chi connectivity index (χ2v) is 7.45. The Morgan fingerprint density at radius 1 is 0.720 bits per heavy atom. The van der Waals surface area contributed by atoms with E-state index in [0.717, 1.165) is 20.7 Å². The molecule has 1 aromatic heterocycles. The van der Waals surface area contributed by atoms with E-state index >= 15 is 0 Å². The third-order valence-electron chi connectivity index (χ3n) is 4.71. The molecule has 0 spiro atoms. The molecule has 0 N–H and O–H groups in total. The van der Waals surface area contributed by atoms with E-state index in [1.54, 1.807) is 0 Å². The molecule has 1 nitrogen and oxygen atoms in total. The number of benzene rings is 4. The normalized spacial score (nSPS) is 11.6. The van der Waals surface area contributed by atoms with Gasteiger partial charge in [0.1, 0.15) is 0 Å². The van der Waals surface area contributed by atoms with Crippen molar-refractivity contribution in [2.24, 2.45) is 0 Å². The van der Waals surface area contributed by atoms with Crippen LogP contribution in [0.1, 0.15) is 0 Å². The molecule has 0 aliphatic carbocycles. The zero-order valence-electron chi connectivity index (χ0n) is 13.2. The highest BCUT2D eigenvalue weighted by molar-refractivity contribution is 9.10. The molecule has 0 amide bonds. The highest BCUT2D eigenvalue weighted by atomic mass is 79.9. The fraction of sp³-hybridized carbons (Fsp3) is 0. The number of hydrogen-bond donors (Lipinski definition) is 0. The topological polar surface area (TPSA) is 4.93 Å². The lowest BCUT2D eigenvalue weighted by Gasteiger charge is -2.11. The van der Waals surface area contributed by atoms with Gasteiger partial charge in [-0.05, 0) is 35.7 Å². The van der Waals surface area contributed by atoms with E-state index in [-0.39, 0.29) is 0 Å². The van der Waals surface area contributed by atoms with Gasteiger partial charge in [0.25, 0.3) is 0 Å². The minimum absolute atomic E-state index is 0.747. The Hall–Kier alpha value is -2.29. The van der Waals surface area contributed by atoms with Crippen LogP contribution in [0.3, 0.4) is 0 Å². The van der Waals surface area contributed by atoms with Crippen LogP contribution in [0.15, 0.2) is 83.3 Å². The van der Waals surface area contributed by atoms with Crippen molar-refractivity contribution in [3.8, 4) is 5.69 Å². The van der Waals surface area contributed by atoms with Crippen molar-refractivity contribution in [2.45, 2.75) is 0 Å². The van der Waals surface area contributed by atoms with Crippen LogP contribution in [0.2, 0.25) is 5.02 Å². The van der Waals surface area contributed by atoms with E-state index < -0.39 is 0 Å². The zero-order valence-corrected chi connectivity index (χ0v) is 15.6. The number of rotatable bonds is 1. The fourth-order valence-corrected chi connectivity index (χ4v) is 4.22. The van der Waals surface area contributed by atoms with Crippen molar-refractivity contribution in [1.82, 2.24) is 4.57 Å². The van der Waals surface area contributed by atoms with Crippen LogP contribution < -0.4 is 0 Å². The minimum Gasteiger partial charge on any atom is -0.307 e. The molecule has 0 bridgehead atoms. The number of hydrogen-bond acceptors (Lipinski definition) is 0. The molecule has 0 atom stereocenters. The summed E-state index contributed by atoms with van der Waals surface area (Å²) < 4.78 is 3.35.